The number of nitrogens with zero attached hydrogens (tertiary/aromatic N) is 4. The van der Waals surface area contributed by atoms with Gasteiger partial charge in [-0.1, -0.05) is 35.1 Å². The van der Waals surface area contributed by atoms with Crippen LogP contribution in [-0.4, -0.2) is 53.9 Å². The Morgan fingerprint density at radius 1 is 0.966 bits per heavy atom. The van der Waals surface area contributed by atoms with E-state index in [-0.39, 0.29) is 18.2 Å². The molecule has 2 aliphatic rings. The van der Waals surface area contributed by atoms with Crippen LogP contribution in [0.3, 0.4) is 0 Å². The second-order valence-electron chi connectivity index (χ2n) is 7.25. The molecule has 1 atom stereocenters. The van der Waals surface area contributed by atoms with E-state index in [0.29, 0.717) is 10.7 Å². The number of piperazine rings is 1. The first-order chi connectivity index (χ1) is 14.1. The van der Waals surface area contributed by atoms with Gasteiger partial charge in [0.2, 0.25) is 5.91 Å². The molecule has 0 saturated carbocycles. The van der Waals surface area contributed by atoms with Gasteiger partial charge in [-0.05, 0) is 36.4 Å². The Hall–Kier alpha value is -2.48. The van der Waals surface area contributed by atoms with Crippen LogP contribution in [-0.2, 0) is 9.59 Å². The number of carbonyl (C=O) groups is 2. The number of hydrogen-bond donors (Lipinski definition) is 0. The zero-order valence-electron chi connectivity index (χ0n) is 15.6. The third-order valence-corrected chi connectivity index (χ3v) is 6.86. The maximum absolute atomic E-state index is 13.0. The zero-order valence-corrected chi connectivity index (χ0v) is 17.2. The molecule has 2 aromatic carbocycles. The number of benzene rings is 2. The molecule has 0 N–H and O–H groups in total. The fraction of sp³-hybridized carbons (Fsp3) is 0.286. The second-order valence-corrected chi connectivity index (χ2v) is 8.70. The van der Waals surface area contributed by atoms with Crippen LogP contribution in [0.4, 0.5) is 10.8 Å². The Bertz CT molecular complexity index is 1040. The molecule has 0 bridgehead atoms. The molecule has 3 aromatic rings. The van der Waals surface area contributed by atoms with Crippen molar-refractivity contribution >= 4 is 55.8 Å². The van der Waals surface area contributed by atoms with Crippen molar-refractivity contribution in [3.05, 3.63) is 53.6 Å². The van der Waals surface area contributed by atoms with E-state index in [9.17, 15) is 9.59 Å². The van der Waals surface area contributed by atoms with E-state index < -0.39 is 6.04 Å². The van der Waals surface area contributed by atoms with Gasteiger partial charge in [0.05, 0.1) is 28.4 Å². The van der Waals surface area contributed by atoms with Crippen molar-refractivity contribution in [1.29, 1.82) is 0 Å². The standard InChI is InChI=1S/C21H19ClN4O2S/c22-14-5-7-15(8-6-14)26-19(27)13-17(20(26)28)24-9-11-25(12-10-24)21-23-16-3-1-2-4-18(16)29-21/h1-8,17H,9-13H2. The number of carbonyl (C=O) groups excluding carboxylic acids is 2. The maximum atomic E-state index is 13.0. The lowest BCUT2D eigenvalue weighted by Gasteiger charge is -2.36. The van der Waals surface area contributed by atoms with Crippen LogP contribution in [0, 0.1) is 0 Å². The molecule has 1 aromatic heterocycles. The van der Waals surface area contributed by atoms with Gasteiger partial charge in [0.1, 0.15) is 0 Å². The van der Waals surface area contributed by atoms with Crippen molar-refractivity contribution in [3.8, 4) is 0 Å². The Morgan fingerprint density at radius 2 is 1.69 bits per heavy atom. The molecule has 5 rings (SSSR count). The lowest BCUT2D eigenvalue weighted by molar-refractivity contribution is -0.123. The number of halogens is 1. The van der Waals surface area contributed by atoms with Gasteiger partial charge < -0.3 is 4.90 Å². The number of fused-ring (bicyclic) bond motifs is 1. The van der Waals surface area contributed by atoms with Crippen molar-refractivity contribution < 1.29 is 9.59 Å². The highest BCUT2D eigenvalue weighted by Crippen LogP contribution is 2.31. The van der Waals surface area contributed by atoms with E-state index in [1.165, 1.54) is 9.60 Å². The Labute approximate surface area is 177 Å². The third-order valence-electron chi connectivity index (χ3n) is 5.52. The molecule has 3 heterocycles. The smallest absolute Gasteiger partial charge is 0.251 e. The highest BCUT2D eigenvalue weighted by molar-refractivity contribution is 7.22. The summed E-state index contributed by atoms with van der Waals surface area (Å²) in [5.41, 5.74) is 1.60. The summed E-state index contributed by atoms with van der Waals surface area (Å²) < 4.78 is 1.18. The second kappa shape index (κ2) is 7.40. The monoisotopic (exact) mass is 426 g/mol. The maximum Gasteiger partial charge on any atom is 0.251 e. The third kappa shape index (κ3) is 3.39. The Morgan fingerprint density at radius 3 is 2.41 bits per heavy atom. The van der Waals surface area contributed by atoms with Crippen molar-refractivity contribution in [2.45, 2.75) is 12.5 Å². The number of aromatic nitrogens is 1. The summed E-state index contributed by atoms with van der Waals surface area (Å²) in [6, 6.07) is 14.6. The number of hydrogen-bond acceptors (Lipinski definition) is 6. The van der Waals surface area contributed by atoms with Crippen LogP contribution in [0.1, 0.15) is 6.42 Å². The summed E-state index contributed by atoms with van der Waals surface area (Å²) in [6.07, 6.45) is 0.225. The molecule has 1 unspecified atom stereocenters. The first-order valence-corrected chi connectivity index (χ1v) is 10.8. The van der Waals surface area contributed by atoms with E-state index in [2.05, 4.69) is 15.9 Å². The predicted octanol–water partition coefficient (Wildman–Crippen LogP) is 3.40. The first-order valence-electron chi connectivity index (χ1n) is 9.57. The number of imide groups is 1. The van der Waals surface area contributed by atoms with E-state index >= 15 is 0 Å². The fourth-order valence-corrected chi connectivity index (χ4v) is 5.13. The van der Waals surface area contributed by atoms with Crippen LogP contribution >= 0.6 is 22.9 Å². The van der Waals surface area contributed by atoms with Crippen LogP contribution in [0.25, 0.3) is 10.2 Å². The molecule has 2 aliphatic heterocycles. The number of para-hydroxylation sites is 1. The van der Waals surface area contributed by atoms with E-state index in [1.807, 2.05) is 18.2 Å². The molecule has 6 nitrogen and oxygen atoms in total. The van der Waals surface area contributed by atoms with Crippen LogP contribution < -0.4 is 9.80 Å². The van der Waals surface area contributed by atoms with Crippen molar-refractivity contribution in [2.24, 2.45) is 0 Å². The largest absolute Gasteiger partial charge is 0.345 e. The molecule has 0 aliphatic carbocycles. The minimum absolute atomic E-state index is 0.147. The molecule has 0 radical (unpaired) electrons. The highest BCUT2D eigenvalue weighted by atomic mass is 35.5. The number of amides is 2. The molecule has 2 amide bonds. The van der Waals surface area contributed by atoms with Gasteiger partial charge in [0.15, 0.2) is 5.13 Å². The summed E-state index contributed by atoms with van der Waals surface area (Å²) in [6.45, 7) is 3.04. The molecule has 8 heteroatoms. The van der Waals surface area contributed by atoms with E-state index in [0.717, 1.165) is 36.8 Å². The number of thiazole rings is 1. The zero-order chi connectivity index (χ0) is 20.0. The average Bonchev–Trinajstić information content (AvgIpc) is 3.30. The first kappa shape index (κ1) is 18.5. The molecular weight excluding hydrogens is 408 g/mol. The van der Waals surface area contributed by atoms with Crippen molar-refractivity contribution in [2.75, 3.05) is 36.0 Å². The molecule has 0 spiro atoms. The van der Waals surface area contributed by atoms with Crippen LogP contribution in [0.5, 0.6) is 0 Å². The topological polar surface area (TPSA) is 56.8 Å². The van der Waals surface area contributed by atoms with Gasteiger partial charge in [-0.25, -0.2) is 9.88 Å². The lowest BCUT2D eigenvalue weighted by atomic mass is 10.2. The quantitative estimate of drug-likeness (QED) is 0.601. The van der Waals surface area contributed by atoms with E-state index in [1.54, 1.807) is 35.6 Å². The summed E-state index contributed by atoms with van der Waals surface area (Å²) in [7, 11) is 0. The molecular formula is C21H19ClN4O2S. The Kier molecular flexibility index (Phi) is 4.73. The molecule has 2 saturated heterocycles. The average molecular weight is 427 g/mol. The number of rotatable bonds is 3. The van der Waals surface area contributed by atoms with Gasteiger partial charge in [-0.2, -0.15) is 0 Å². The van der Waals surface area contributed by atoms with Gasteiger partial charge >= 0.3 is 0 Å². The summed E-state index contributed by atoms with van der Waals surface area (Å²) in [5.74, 6) is -0.304. The van der Waals surface area contributed by atoms with E-state index in [4.69, 9.17) is 16.6 Å². The molecule has 2 fully saturated rings. The highest BCUT2D eigenvalue weighted by Gasteiger charge is 2.43. The Balaban J connectivity index is 1.27. The summed E-state index contributed by atoms with van der Waals surface area (Å²) in [4.78, 5) is 35.9. The van der Waals surface area contributed by atoms with Crippen LogP contribution in [0.2, 0.25) is 5.02 Å². The van der Waals surface area contributed by atoms with Gasteiger partial charge in [0, 0.05) is 31.2 Å². The summed E-state index contributed by atoms with van der Waals surface area (Å²) >= 11 is 7.62. The van der Waals surface area contributed by atoms with Gasteiger partial charge in [0.25, 0.3) is 5.91 Å². The van der Waals surface area contributed by atoms with Gasteiger partial charge in [-0.15, -0.1) is 0 Å². The molecule has 148 valence electrons. The summed E-state index contributed by atoms with van der Waals surface area (Å²) in [5, 5.41) is 1.60. The van der Waals surface area contributed by atoms with Gasteiger partial charge in [-0.3, -0.25) is 14.5 Å². The fourth-order valence-electron chi connectivity index (χ4n) is 3.98. The molecule has 29 heavy (non-hydrogen) atoms. The minimum atomic E-state index is -0.393. The SMILES string of the molecule is O=C1CC(N2CCN(c3nc4ccccc4s3)CC2)C(=O)N1c1ccc(Cl)cc1. The minimum Gasteiger partial charge on any atom is -0.345 e. The predicted molar refractivity (Wildman–Crippen MR) is 116 cm³/mol. The van der Waals surface area contributed by atoms with Crippen LogP contribution in [0.15, 0.2) is 48.5 Å². The van der Waals surface area contributed by atoms with Crippen molar-refractivity contribution in [3.63, 3.8) is 0 Å². The van der Waals surface area contributed by atoms with Crippen molar-refractivity contribution in [1.82, 2.24) is 9.88 Å². The number of anilines is 2. The normalized spacial score (nSPS) is 20.8. The lowest BCUT2D eigenvalue weighted by Crippen LogP contribution is -2.52.